The summed E-state index contributed by atoms with van der Waals surface area (Å²) in [4.78, 5) is 23.7. The molecule has 25 heavy (non-hydrogen) atoms. The SMILES string of the molecule is CCCCC/C=C/CC[C@H]1OC(=O)O[C@H]1C(=O)Oc1ccc(C)cc1. The molecular formula is C20H26O5. The molecule has 0 amide bonds. The van der Waals surface area contributed by atoms with Crippen LogP contribution in [0.15, 0.2) is 36.4 Å². The number of carbonyl (C=O) groups is 2. The lowest BCUT2D eigenvalue weighted by molar-refractivity contribution is -0.143. The van der Waals surface area contributed by atoms with Crippen molar-refractivity contribution in [1.29, 1.82) is 0 Å². The van der Waals surface area contributed by atoms with Crippen LogP contribution in [0.3, 0.4) is 0 Å². The predicted molar refractivity (Wildman–Crippen MR) is 94.5 cm³/mol. The van der Waals surface area contributed by atoms with E-state index in [-0.39, 0.29) is 0 Å². The van der Waals surface area contributed by atoms with E-state index in [4.69, 9.17) is 14.2 Å². The molecule has 1 heterocycles. The number of rotatable bonds is 9. The molecule has 1 fully saturated rings. The van der Waals surface area contributed by atoms with Gasteiger partial charge in [-0.25, -0.2) is 9.59 Å². The van der Waals surface area contributed by atoms with Crippen LogP contribution < -0.4 is 4.74 Å². The topological polar surface area (TPSA) is 61.8 Å². The van der Waals surface area contributed by atoms with Crippen molar-refractivity contribution >= 4 is 12.1 Å². The van der Waals surface area contributed by atoms with Crippen molar-refractivity contribution in [1.82, 2.24) is 0 Å². The average Bonchev–Trinajstić information content (AvgIpc) is 2.97. The lowest BCUT2D eigenvalue weighted by Crippen LogP contribution is -2.34. The molecule has 0 radical (unpaired) electrons. The lowest BCUT2D eigenvalue weighted by atomic mass is 10.1. The van der Waals surface area contributed by atoms with Crippen molar-refractivity contribution in [3.63, 3.8) is 0 Å². The van der Waals surface area contributed by atoms with Gasteiger partial charge in [0.05, 0.1) is 0 Å². The van der Waals surface area contributed by atoms with Gasteiger partial charge in [0.1, 0.15) is 5.75 Å². The fraction of sp³-hybridized carbons (Fsp3) is 0.500. The van der Waals surface area contributed by atoms with Crippen molar-refractivity contribution in [2.24, 2.45) is 0 Å². The summed E-state index contributed by atoms with van der Waals surface area (Å²) in [5.74, 6) is -0.181. The molecule has 2 atom stereocenters. The largest absolute Gasteiger partial charge is 0.509 e. The van der Waals surface area contributed by atoms with Crippen LogP contribution >= 0.6 is 0 Å². The number of hydrogen-bond acceptors (Lipinski definition) is 5. The van der Waals surface area contributed by atoms with Crippen molar-refractivity contribution in [3.8, 4) is 5.75 Å². The number of carbonyl (C=O) groups excluding carboxylic acids is 2. The molecular weight excluding hydrogens is 320 g/mol. The molecule has 0 aromatic heterocycles. The van der Waals surface area contributed by atoms with Crippen LogP contribution in [0.25, 0.3) is 0 Å². The molecule has 1 aliphatic rings. The van der Waals surface area contributed by atoms with Gasteiger partial charge in [-0.05, 0) is 44.7 Å². The smallest absolute Gasteiger partial charge is 0.426 e. The Labute approximate surface area is 149 Å². The highest BCUT2D eigenvalue weighted by Gasteiger charge is 2.42. The molecule has 1 saturated heterocycles. The van der Waals surface area contributed by atoms with E-state index in [0.29, 0.717) is 12.2 Å². The van der Waals surface area contributed by atoms with Gasteiger partial charge in [-0.2, -0.15) is 0 Å². The van der Waals surface area contributed by atoms with Crippen LogP contribution in [0.5, 0.6) is 5.75 Å². The van der Waals surface area contributed by atoms with Gasteiger partial charge in [0.2, 0.25) is 6.10 Å². The monoisotopic (exact) mass is 346 g/mol. The third-order valence-corrected chi connectivity index (χ3v) is 4.04. The van der Waals surface area contributed by atoms with Gasteiger partial charge in [0.25, 0.3) is 0 Å². The molecule has 0 saturated carbocycles. The third-order valence-electron chi connectivity index (χ3n) is 4.04. The Morgan fingerprint density at radius 1 is 1.12 bits per heavy atom. The van der Waals surface area contributed by atoms with Crippen molar-refractivity contribution in [3.05, 3.63) is 42.0 Å². The van der Waals surface area contributed by atoms with Crippen LogP contribution in [-0.2, 0) is 14.3 Å². The zero-order valence-electron chi connectivity index (χ0n) is 14.9. The van der Waals surface area contributed by atoms with Gasteiger partial charge in [0.15, 0.2) is 6.10 Å². The van der Waals surface area contributed by atoms with Crippen molar-refractivity contribution in [2.45, 2.75) is 64.6 Å². The Morgan fingerprint density at radius 3 is 2.56 bits per heavy atom. The fourth-order valence-corrected chi connectivity index (χ4v) is 2.59. The number of allylic oxidation sites excluding steroid dienone is 2. The van der Waals surface area contributed by atoms with E-state index in [2.05, 4.69) is 19.1 Å². The first-order chi connectivity index (χ1) is 12.1. The quantitative estimate of drug-likeness (QED) is 0.280. The maximum atomic E-state index is 12.3. The number of hydrogen-bond donors (Lipinski definition) is 0. The third kappa shape index (κ3) is 6.25. The first-order valence-electron chi connectivity index (χ1n) is 8.90. The van der Waals surface area contributed by atoms with Gasteiger partial charge < -0.3 is 14.2 Å². The highest BCUT2D eigenvalue weighted by molar-refractivity contribution is 5.82. The van der Waals surface area contributed by atoms with Crippen LogP contribution in [0, 0.1) is 6.92 Å². The summed E-state index contributed by atoms with van der Waals surface area (Å²) in [7, 11) is 0. The number of unbranched alkanes of at least 4 members (excludes halogenated alkanes) is 3. The molecule has 1 aromatic rings. The lowest BCUT2D eigenvalue weighted by Gasteiger charge is -2.13. The Hall–Kier alpha value is -2.30. The first kappa shape index (κ1) is 19.0. The molecule has 2 rings (SSSR count). The summed E-state index contributed by atoms with van der Waals surface area (Å²) in [6.07, 6.45) is 7.67. The van der Waals surface area contributed by atoms with Crippen LogP contribution in [0.2, 0.25) is 0 Å². The van der Waals surface area contributed by atoms with Crippen LogP contribution in [0.1, 0.15) is 51.0 Å². The summed E-state index contributed by atoms with van der Waals surface area (Å²) < 4.78 is 15.4. The van der Waals surface area contributed by atoms with E-state index in [1.54, 1.807) is 12.1 Å². The Balaban J connectivity index is 1.82. The van der Waals surface area contributed by atoms with E-state index in [1.165, 1.54) is 19.3 Å². The zero-order valence-corrected chi connectivity index (χ0v) is 14.9. The molecule has 0 unspecified atom stereocenters. The molecule has 5 heteroatoms. The summed E-state index contributed by atoms with van der Waals surface area (Å²) >= 11 is 0. The minimum absolute atomic E-state index is 0.424. The molecule has 5 nitrogen and oxygen atoms in total. The summed E-state index contributed by atoms with van der Waals surface area (Å²) in [5, 5.41) is 0. The Kier molecular flexibility index (Phi) is 7.51. The van der Waals surface area contributed by atoms with Gasteiger partial charge in [-0.1, -0.05) is 49.6 Å². The Morgan fingerprint density at radius 2 is 1.84 bits per heavy atom. The molecule has 0 bridgehead atoms. The van der Waals surface area contributed by atoms with Crippen LogP contribution in [-0.4, -0.2) is 24.3 Å². The molecule has 0 spiro atoms. The highest BCUT2D eigenvalue weighted by Crippen LogP contribution is 2.22. The normalized spacial score (nSPS) is 19.7. The fourth-order valence-electron chi connectivity index (χ4n) is 2.59. The van der Waals surface area contributed by atoms with Crippen molar-refractivity contribution in [2.75, 3.05) is 0 Å². The second-order valence-electron chi connectivity index (χ2n) is 6.22. The molecule has 0 aliphatic carbocycles. The van der Waals surface area contributed by atoms with Crippen molar-refractivity contribution < 1.29 is 23.8 Å². The van der Waals surface area contributed by atoms with Crippen LogP contribution in [0.4, 0.5) is 4.79 Å². The second-order valence-corrected chi connectivity index (χ2v) is 6.22. The first-order valence-corrected chi connectivity index (χ1v) is 8.90. The van der Waals surface area contributed by atoms with E-state index in [9.17, 15) is 9.59 Å². The number of esters is 1. The van der Waals surface area contributed by atoms with Gasteiger partial charge in [-0.3, -0.25) is 0 Å². The second kappa shape index (κ2) is 9.87. The summed E-state index contributed by atoms with van der Waals surface area (Å²) in [5.41, 5.74) is 1.07. The molecule has 0 N–H and O–H groups in total. The summed E-state index contributed by atoms with van der Waals surface area (Å²) in [6, 6.07) is 7.11. The number of benzene rings is 1. The number of ether oxygens (including phenoxy) is 3. The Bertz CT molecular complexity index is 591. The van der Waals surface area contributed by atoms with E-state index >= 15 is 0 Å². The maximum absolute atomic E-state index is 12.3. The predicted octanol–water partition coefficient (Wildman–Crippen LogP) is 4.72. The van der Waals surface area contributed by atoms with E-state index in [0.717, 1.165) is 18.4 Å². The molecule has 136 valence electrons. The minimum atomic E-state index is -1.01. The average molecular weight is 346 g/mol. The number of aryl methyl sites for hydroxylation is 1. The van der Waals surface area contributed by atoms with Gasteiger partial charge in [-0.15, -0.1) is 0 Å². The van der Waals surface area contributed by atoms with E-state index < -0.39 is 24.3 Å². The number of cyclic esters (lactones) is 2. The van der Waals surface area contributed by atoms with Gasteiger partial charge >= 0.3 is 12.1 Å². The van der Waals surface area contributed by atoms with Gasteiger partial charge in [0, 0.05) is 0 Å². The standard InChI is InChI=1S/C20H26O5/c1-3-4-5-6-7-8-9-10-17-18(25-20(22)24-17)19(21)23-16-13-11-15(2)12-14-16/h7-8,11-14,17-18H,3-6,9-10H2,1-2H3/b8-7+/t17-,18-/m1/s1. The molecule has 1 aromatic carbocycles. The molecule has 1 aliphatic heterocycles. The van der Waals surface area contributed by atoms with E-state index in [1.807, 2.05) is 19.1 Å². The maximum Gasteiger partial charge on any atom is 0.509 e. The minimum Gasteiger partial charge on any atom is -0.426 e. The zero-order chi connectivity index (χ0) is 18.1. The summed E-state index contributed by atoms with van der Waals surface area (Å²) in [6.45, 7) is 4.12. The highest BCUT2D eigenvalue weighted by atomic mass is 16.8.